The van der Waals surface area contributed by atoms with Gasteiger partial charge in [-0.25, -0.2) is 0 Å². The number of hydrogen-bond acceptors (Lipinski definition) is 2. The van der Waals surface area contributed by atoms with E-state index >= 15 is 0 Å². The molecule has 2 heteroatoms. The molecule has 4 rings (SSSR count). The Balaban J connectivity index is 1.36. The second kappa shape index (κ2) is 4.47. The van der Waals surface area contributed by atoms with Gasteiger partial charge in [0.15, 0.2) is 0 Å². The first kappa shape index (κ1) is 14.5. The lowest BCUT2D eigenvalue weighted by atomic mass is 9.76. The van der Waals surface area contributed by atoms with Gasteiger partial charge in [0, 0.05) is 36.8 Å². The monoisotopic (exact) mass is 290 g/mol. The molecule has 2 saturated heterocycles. The Labute approximate surface area is 131 Å². The summed E-state index contributed by atoms with van der Waals surface area (Å²) in [5, 5.41) is 0. The summed E-state index contributed by atoms with van der Waals surface area (Å²) >= 11 is 0. The summed E-state index contributed by atoms with van der Waals surface area (Å²) in [7, 11) is 0. The number of piperidine rings is 1. The van der Waals surface area contributed by atoms with Crippen molar-refractivity contribution in [2.45, 2.75) is 77.4 Å². The van der Waals surface area contributed by atoms with E-state index in [1.807, 2.05) is 0 Å². The molecule has 4 aliphatic rings. The lowest BCUT2D eigenvalue weighted by Gasteiger charge is -2.54. The minimum Gasteiger partial charge on any atom is -0.298 e. The predicted octanol–water partition coefficient (Wildman–Crippen LogP) is 3.62. The molecular weight excluding hydrogens is 256 g/mol. The molecule has 2 aliphatic heterocycles. The van der Waals surface area contributed by atoms with E-state index in [9.17, 15) is 0 Å². The molecule has 0 aromatic heterocycles. The van der Waals surface area contributed by atoms with E-state index < -0.39 is 0 Å². The maximum Gasteiger partial charge on any atom is 0.0156 e. The van der Waals surface area contributed by atoms with Crippen molar-refractivity contribution >= 4 is 0 Å². The van der Waals surface area contributed by atoms with Gasteiger partial charge in [0.25, 0.3) is 0 Å². The Morgan fingerprint density at radius 2 is 1.57 bits per heavy atom. The van der Waals surface area contributed by atoms with E-state index in [0.29, 0.717) is 11.1 Å². The van der Waals surface area contributed by atoms with Gasteiger partial charge in [-0.1, -0.05) is 0 Å². The first-order chi connectivity index (χ1) is 9.75. The molecule has 5 unspecified atom stereocenters. The van der Waals surface area contributed by atoms with Crippen molar-refractivity contribution < 1.29 is 0 Å². The van der Waals surface area contributed by atoms with Crippen LogP contribution in [0.15, 0.2) is 0 Å². The molecule has 4 fully saturated rings. The lowest BCUT2D eigenvalue weighted by molar-refractivity contribution is -0.0568. The molecule has 21 heavy (non-hydrogen) atoms. The van der Waals surface area contributed by atoms with Crippen LogP contribution < -0.4 is 0 Å². The molecule has 2 aliphatic carbocycles. The summed E-state index contributed by atoms with van der Waals surface area (Å²) in [6.45, 7) is 16.3. The Kier molecular flexibility index (Phi) is 3.09. The minimum atomic E-state index is 0.377. The smallest absolute Gasteiger partial charge is 0.0156 e. The third-order valence-corrected chi connectivity index (χ3v) is 7.20. The molecular formula is C19H34N2. The van der Waals surface area contributed by atoms with Crippen LogP contribution in [-0.2, 0) is 0 Å². The van der Waals surface area contributed by atoms with Crippen LogP contribution >= 0.6 is 0 Å². The van der Waals surface area contributed by atoms with Gasteiger partial charge in [-0.2, -0.15) is 0 Å². The number of fused-ring (bicyclic) bond motifs is 2. The van der Waals surface area contributed by atoms with Crippen LogP contribution in [0.3, 0.4) is 0 Å². The highest BCUT2D eigenvalue weighted by molar-refractivity contribution is 5.07. The maximum absolute atomic E-state index is 2.82. The standard InChI is InChI=1S/C19H34N2/c1-18(2,3)21-12-16-13(6-7-17(16)21)9-19(4,5)20-10-14-8-15(14)11-20/h13-17H,6-12H2,1-5H3. The summed E-state index contributed by atoms with van der Waals surface area (Å²) in [6.07, 6.45) is 5.90. The van der Waals surface area contributed by atoms with Crippen molar-refractivity contribution in [1.29, 1.82) is 0 Å². The van der Waals surface area contributed by atoms with Crippen LogP contribution in [0.1, 0.15) is 60.3 Å². The number of hydrogen-bond donors (Lipinski definition) is 0. The molecule has 120 valence electrons. The fourth-order valence-electron chi connectivity index (χ4n) is 5.70. The molecule has 0 aromatic carbocycles. The summed E-state index contributed by atoms with van der Waals surface area (Å²) in [6, 6.07) is 0.901. The van der Waals surface area contributed by atoms with Gasteiger partial charge < -0.3 is 0 Å². The number of likely N-dealkylation sites (tertiary alicyclic amines) is 2. The average molecular weight is 290 g/mol. The second-order valence-corrected chi connectivity index (χ2v) is 10.1. The molecule has 0 bridgehead atoms. The summed E-state index contributed by atoms with van der Waals surface area (Å²) in [5.74, 6) is 4.13. The van der Waals surface area contributed by atoms with E-state index in [4.69, 9.17) is 0 Å². The highest BCUT2D eigenvalue weighted by atomic mass is 15.3. The topological polar surface area (TPSA) is 6.48 Å². The van der Waals surface area contributed by atoms with Gasteiger partial charge in [0.2, 0.25) is 0 Å². The number of nitrogens with zero attached hydrogens (tertiary/aromatic N) is 2. The fraction of sp³-hybridized carbons (Fsp3) is 1.00. The maximum atomic E-state index is 2.82. The van der Waals surface area contributed by atoms with Gasteiger partial charge in [-0.05, 0) is 84.0 Å². The molecule has 0 spiro atoms. The zero-order valence-corrected chi connectivity index (χ0v) is 14.7. The molecule has 5 atom stereocenters. The van der Waals surface area contributed by atoms with Gasteiger partial charge in [-0.15, -0.1) is 0 Å². The number of rotatable bonds is 3. The van der Waals surface area contributed by atoms with Crippen molar-refractivity contribution in [3.63, 3.8) is 0 Å². The van der Waals surface area contributed by atoms with Crippen molar-refractivity contribution in [2.75, 3.05) is 19.6 Å². The first-order valence-corrected chi connectivity index (χ1v) is 9.27. The highest BCUT2D eigenvalue weighted by Crippen LogP contribution is 2.51. The van der Waals surface area contributed by atoms with E-state index in [1.165, 1.54) is 45.3 Å². The zero-order valence-electron chi connectivity index (χ0n) is 14.7. The Morgan fingerprint density at radius 3 is 2.19 bits per heavy atom. The third kappa shape index (κ3) is 2.37. The fourth-order valence-corrected chi connectivity index (χ4v) is 5.70. The normalized spacial score (nSPS) is 43.6. The van der Waals surface area contributed by atoms with E-state index in [2.05, 4.69) is 44.4 Å². The van der Waals surface area contributed by atoms with Crippen LogP contribution in [-0.4, -0.2) is 46.6 Å². The lowest BCUT2D eigenvalue weighted by Crippen LogP contribution is -2.62. The van der Waals surface area contributed by atoms with Crippen LogP contribution in [0.5, 0.6) is 0 Å². The van der Waals surface area contributed by atoms with Crippen molar-refractivity contribution in [1.82, 2.24) is 9.80 Å². The van der Waals surface area contributed by atoms with Gasteiger partial charge in [0.05, 0.1) is 0 Å². The van der Waals surface area contributed by atoms with Gasteiger partial charge in [0.1, 0.15) is 0 Å². The third-order valence-electron chi connectivity index (χ3n) is 7.20. The Bertz CT molecular complexity index is 412. The van der Waals surface area contributed by atoms with E-state index in [-0.39, 0.29) is 0 Å². The van der Waals surface area contributed by atoms with Crippen molar-refractivity contribution in [3.05, 3.63) is 0 Å². The molecule has 2 heterocycles. The van der Waals surface area contributed by atoms with Crippen LogP contribution in [0.25, 0.3) is 0 Å². The van der Waals surface area contributed by atoms with Crippen LogP contribution in [0.2, 0.25) is 0 Å². The van der Waals surface area contributed by atoms with Crippen LogP contribution in [0, 0.1) is 23.7 Å². The first-order valence-electron chi connectivity index (χ1n) is 9.27. The van der Waals surface area contributed by atoms with Crippen molar-refractivity contribution in [2.24, 2.45) is 23.7 Å². The predicted molar refractivity (Wildman–Crippen MR) is 88.3 cm³/mol. The SMILES string of the molecule is CC(C)(C)N1CC2C(CC(C)(C)N3CC4CC4C3)CCC21. The molecule has 0 radical (unpaired) electrons. The van der Waals surface area contributed by atoms with Gasteiger partial charge in [-0.3, -0.25) is 9.80 Å². The average Bonchev–Trinajstić information content (AvgIpc) is 2.80. The molecule has 0 N–H and O–H groups in total. The Hall–Kier alpha value is -0.0800. The molecule has 2 nitrogen and oxygen atoms in total. The van der Waals surface area contributed by atoms with Crippen LogP contribution in [0.4, 0.5) is 0 Å². The minimum absolute atomic E-state index is 0.377. The van der Waals surface area contributed by atoms with Gasteiger partial charge >= 0.3 is 0 Å². The zero-order chi connectivity index (χ0) is 15.0. The Morgan fingerprint density at radius 1 is 0.905 bits per heavy atom. The summed E-state index contributed by atoms with van der Waals surface area (Å²) in [4.78, 5) is 5.58. The molecule has 2 saturated carbocycles. The second-order valence-electron chi connectivity index (χ2n) is 10.1. The summed E-state index contributed by atoms with van der Waals surface area (Å²) < 4.78 is 0. The van der Waals surface area contributed by atoms with E-state index in [0.717, 1.165) is 29.7 Å². The highest BCUT2D eigenvalue weighted by Gasteiger charge is 2.54. The van der Waals surface area contributed by atoms with E-state index in [1.54, 1.807) is 0 Å². The molecule has 0 aromatic rings. The largest absolute Gasteiger partial charge is 0.298 e. The quantitative estimate of drug-likeness (QED) is 0.783. The van der Waals surface area contributed by atoms with Crippen molar-refractivity contribution in [3.8, 4) is 0 Å². The molecule has 0 amide bonds. The summed E-state index contributed by atoms with van der Waals surface area (Å²) in [5.41, 5.74) is 0.816.